The highest BCUT2D eigenvalue weighted by Gasteiger charge is 2.06. The molecule has 1 aromatic heterocycles. The molecule has 1 N–H and O–H groups in total. The van der Waals surface area contributed by atoms with Gasteiger partial charge in [-0.1, -0.05) is 29.8 Å². The number of hydrogen-bond donors (Lipinski definition) is 1. The maximum absolute atomic E-state index is 6.04. The monoisotopic (exact) mass is 291 g/mol. The number of ether oxygens (including phenoxy) is 1. The Kier molecular flexibility index (Phi) is 5.18. The number of hydrogen-bond acceptors (Lipinski definition) is 4. The predicted octanol–water partition coefficient (Wildman–Crippen LogP) is 3.63. The maximum atomic E-state index is 6.04. The third-order valence-electron chi connectivity index (χ3n) is 2.89. The smallest absolute Gasteiger partial charge is 0.171 e. The molecule has 0 unspecified atom stereocenters. The van der Waals surface area contributed by atoms with E-state index in [1.54, 1.807) is 0 Å². The van der Waals surface area contributed by atoms with Crippen molar-refractivity contribution in [2.45, 2.75) is 20.3 Å². The van der Waals surface area contributed by atoms with Crippen LogP contribution in [0.1, 0.15) is 17.8 Å². The predicted molar refractivity (Wildman–Crippen MR) is 81.6 cm³/mol. The van der Waals surface area contributed by atoms with Gasteiger partial charge in [0.05, 0.1) is 18.0 Å². The van der Waals surface area contributed by atoms with Crippen molar-refractivity contribution in [3.63, 3.8) is 0 Å². The summed E-state index contributed by atoms with van der Waals surface area (Å²) in [5, 5.41) is 3.60. The lowest BCUT2D eigenvalue weighted by molar-refractivity contribution is 0.315. The summed E-state index contributed by atoms with van der Waals surface area (Å²) in [5.41, 5.74) is 1.74. The normalized spacial score (nSPS) is 10.3. The van der Waals surface area contributed by atoms with Crippen LogP contribution >= 0.6 is 11.6 Å². The van der Waals surface area contributed by atoms with Crippen molar-refractivity contribution in [1.29, 1.82) is 0 Å². The quantitative estimate of drug-likeness (QED) is 0.826. The van der Waals surface area contributed by atoms with Gasteiger partial charge in [0.15, 0.2) is 11.0 Å². The summed E-state index contributed by atoms with van der Waals surface area (Å²) in [5.74, 6) is 1.52. The van der Waals surface area contributed by atoms with Gasteiger partial charge in [-0.05, 0) is 32.4 Å². The number of nitrogens with zero attached hydrogens (tertiary/aromatic N) is 2. The Morgan fingerprint density at radius 2 is 1.80 bits per heavy atom. The molecule has 2 aromatic rings. The van der Waals surface area contributed by atoms with E-state index in [4.69, 9.17) is 16.3 Å². The molecule has 4 nitrogen and oxygen atoms in total. The molecule has 0 saturated heterocycles. The fraction of sp³-hybridized carbons (Fsp3) is 0.333. The second-order valence-corrected chi connectivity index (χ2v) is 4.83. The molecule has 0 amide bonds. The highest BCUT2D eigenvalue weighted by molar-refractivity contribution is 6.31. The van der Waals surface area contributed by atoms with E-state index in [9.17, 15) is 0 Å². The zero-order valence-corrected chi connectivity index (χ0v) is 12.4. The van der Waals surface area contributed by atoms with E-state index in [-0.39, 0.29) is 0 Å². The van der Waals surface area contributed by atoms with Crippen LogP contribution in [0.5, 0.6) is 5.75 Å². The average Bonchev–Trinajstić information content (AvgIpc) is 2.45. The van der Waals surface area contributed by atoms with E-state index in [1.165, 1.54) is 0 Å². The van der Waals surface area contributed by atoms with Crippen LogP contribution < -0.4 is 10.1 Å². The summed E-state index contributed by atoms with van der Waals surface area (Å²) in [6, 6.07) is 9.77. The van der Waals surface area contributed by atoms with Gasteiger partial charge in [-0.15, -0.1) is 0 Å². The fourth-order valence-corrected chi connectivity index (χ4v) is 1.91. The van der Waals surface area contributed by atoms with Crippen LogP contribution in [0.15, 0.2) is 30.3 Å². The number of rotatable bonds is 6. The summed E-state index contributed by atoms with van der Waals surface area (Å²) in [7, 11) is 0. The third-order valence-corrected chi connectivity index (χ3v) is 3.15. The highest BCUT2D eigenvalue weighted by atomic mass is 35.5. The first-order valence-electron chi connectivity index (χ1n) is 6.59. The van der Waals surface area contributed by atoms with E-state index in [0.29, 0.717) is 17.6 Å². The van der Waals surface area contributed by atoms with Crippen LogP contribution in [0, 0.1) is 13.8 Å². The van der Waals surface area contributed by atoms with E-state index < -0.39 is 0 Å². The molecule has 0 aliphatic carbocycles. The first kappa shape index (κ1) is 14.6. The lowest BCUT2D eigenvalue weighted by atomic mass is 10.3. The molecule has 0 fully saturated rings. The van der Waals surface area contributed by atoms with E-state index in [1.807, 2.05) is 44.2 Å². The van der Waals surface area contributed by atoms with Crippen molar-refractivity contribution < 1.29 is 4.74 Å². The SMILES string of the molecule is Cc1nc(Cl)c(NCCCOc2ccccc2)nc1C. The van der Waals surface area contributed by atoms with Crippen molar-refractivity contribution in [3.8, 4) is 5.75 Å². The molecular weight excluding hydrogens is 274 g/mol. The Hall–Kier alpha value is -1.81. The molecule has 5 heteroatoms. The number of nitrogens with one attached hydrogen (secondary N) is 1. The zero-order valence-electron chi connectivity index (χ0n) is 11.7. The Morgan fingerprint density at radius 3 is 2.55 bits per heavy atom. The maximum Gasteiger partial charge on any atom is 0.171 e. The second kappa shape index (κ2) is 7.10. The zero-order chi connectivity index (χ0) is 14.4. The molecule has 20 heavy (non-hydrogen) atoms. The van der Waals surface area contributed by atoms with Crippen LogP contribution in [0.2, 0.25) is 5.15 Å². The summed E-state index contributed by atoms with van der Waals surface area (Å²) >= 11 is 6.04. The summed E-state index contributed by atoms with van der Waals surface area (Å²) in [6.45, 7) is 5.20. The number of aromatic nitrogens is 2. The Labute approximate surface area is 124 Å². The van der Waals surface area contributed by atoms with Crippen LogP contribution in [0.3, 0.4) is 0 Å². The van der Waals surface area contributed by atoms with Gasteiger partial charge < -0.3 is 10.1 Å². The van der Waals surface area contributed by atoms with Gasteiger partial charge in [0.1, 0.15) is 5.75 Å². The number of aryl methyl sites for hydroxylation is 2. The Balaban J connectivity index is 1.75. The minimum Gasteiger partial charge on any atom is -0.494 e. The number of benzene rings is 1. The standard InChI is InChI=1S/C15H18ClN3O/c1-11-12(2)19-15(14(16)18-11)17-9-6-10-20-13-7-4-3-5-8-13/h3-5,7-8H,6,9-10H2,1-2H3,(H,17,19). The van der Waals surface area contributed by atoms with Gasteiger partial charge >= 0.3 is 0 Å². The van der Waals surface area contributed by atoms with Crippen LogP contribution in [0.25, 0.3) is 0 Å². The summed E-state index contributed by atoms with van der Waals surface area (Å²) in [6.07, 6.45) is 0.861. The Bertz CT molecular complexity index is 561. The molecule has 0 aliphatic rings. The fourth-order valence-electron chi connectivity index (χ4n) is 1.67. The lowest BCUT2D eigenvalue weighted by Gasteiger charge is -2.10. The number of para-hydroxylation sites is 1. The molecule has 1 heterocycles. The minimum atomic E-state index is 0.414. The van der Waals surface area contributed by atoms with Crippen molar-refractivity contribution in [2.75, 3.05) is 18.5 Å². The number of halogens is 1. The average molecular weight is 292 g/mol. The van der Waals surface area contributed by atoms with Gasteiger partial charge in [-0.2, -0.15) is 0 Å². The highest BCUT2D eigenvalue weighted by Crippen LogP contribution is 2.18. The molecule has 0 saturated carbocycles. The summed E-state index contributed by atoms with van der Waals surface area (Å²) < 4.78 is 5.61. The van der Waals surface area contributed by atoms with Gasteiger partial charge in [0.25, 0.3) is 0 Å². The minimum absolute atomic E-state index is 0.414. The largest absolute Gasteiger partial charge is 0.494 e. The molecular formula is C15H18ClN3O. The molecule has 0 aliphatic heterocycles. The molecule has 1 aromatic carbocycles. The van der Waals surface area contributed by atoms with Crippen LogP contribution in [-0.4, -0.2) is 23.1 Å². The van der Waals surface area contributed by atoms with E-state index in [2.05, 4.69) is 15.3 Å². The van der Waals surface area contributed by atoms with E-state index in [0.717, 1.165) is 30.1 Å². The first-order chi connectivity index (χ1) is 9.66. The summed E-state index contributed by atoms with van der Waals surface area (Å²) in [4.78, 5) is 8.61. The van der Waals surface area contributed by atoms with Gasteiger partial charge in [0, 0.05) is 6.54 Å². The molecule has 0 radical (unpaired) electrons. The van der Waals surface area contributed by atoms with Crippen molar-refractivity contribution >= 4 is 17.4 Å². The van der Waals surface area contributed by atoms with Crippen molar-refractivity contribution in [1.82, 2.24) is 9.97 Å². The van der Waals surface area contributed by atoms with Crippen molar-refractivity contribution in [3.05, 3.63) is 46.9 Å². The molecule has 2 rings (SSSR count). The van der Waals surface area contributed by atoms with Crippen LogP contribution in [-0.2, 0) is 0 Å². The van der Waals surface area contributed by atoms with E-state index >= 15 is 0 Å². The molecule has 0 bridgehead atoms. The van der Waals surface area contributed by atoms with Crippen molar-refractivity contribution in [2.24, 2.45) is 0 Å². The molecule has 106 valence electrons. The second-order valence-electron chi connectivity index (χ2n) is 4.48. The van der Waals surface area contributed by atoms with Gasteiger partial charge in [-0.3, -0.25) is 0 Å². The van der Waals surface area contributed by atoms with Gasteiger partial charge in [0.2, 0.25) is 0 Å². The van der Waals surface area contributed by atoms with Crippen LogP contribution in [0.4, 0.5) is 5.82 Å². The van der Waals surface area contributed by atoms with Gasteiger partial charge in [-0.25, -0.2) is 9.97 Å². The Morgan fingerprint density at radius 1 is 1.10 bits per heavy atom. The topological polar surface area (TPSA) is 47.0 Å². The third kappa shape index (κ3) is 4.10. The first-order valence-corrected chi connectivity index (χ1v) is 6.97. The molecule has 0 atom stereocenters. The molecule has 0 spiro atoms. The number of anilines is 1. The lowest BCUT2D eigenvalue weighted by Crippen LogP contribution is -2.10.